The lowest BCUT2D eigenvalue weighted by Crippen LogP contribution is -2.64. The number of carbonyl (C=O) groups is 2. The molecule has 0 aromatic carbocycles. The van der Waals surface area contributed by atoms with E-state index >= 15 is 0 Å². The summed E-state index contributed by atoms with van der Waals surface area (Å²) in [5.41, 5.74) is 0. The molecule has 8 atom stereocenters. The van der Waals surface area contributed by atoms with Crippen molar-refractivity contribution in [1.82, 2.24) is 0 Å². The SMILES string of the molecule is CCCCCCCCCCCCCCCCCCCCC(=O)O[C@H](COC(=O)CCCCCCCCCCCCCCC)COP(=O)(O)OC1C(O)C(O)C(O)[C@H](O)C1O. The van der Waals surface area contributed by atoms with E-state index in [1.54, 1.807) is 0 Å². The Bertz CT molecular complexity index is 1060. The molecule has 0 aromatic rings. The summed E-state index contributed by atoms with van der Waals surface area (Å²) in [5.74, 6) is -1.08. The standard InChI is InChI=1S/C46H89O13P/c1-3-5-7-9-11-13-15-17-18-19-20-21-23-25-27-29-31-33-35-40(48)58-38(37-57-60(54,55)59-46-44(52)42(50)41(49)43(51)45(46)53)36-56-39(47)34-32-30-28-26-24-22-16-14-12-10-8-6-4-2/h38,41-46,49-53H,3-37H2,1-2H3,(H,54,55)/t38-,41?,42+,43?,44?,45?,46?/m1/s1. The third kappa shape index (κ3) is 29.3. The summed E-state index contributed by atoms with van der Waals surface area (Å²) >= 11 is 0. The Morgan fingerprint density at radius 3 is 1.10 bits per heavy atom. The van der Waals surface area contributed by atoms with E-state index in [1.807, 2.05) is 0 Å². The summed E-state index contributed by atoms with van der Waals surface area (Å²) < 4.78 is 33.6. The number of esters is 2. The molecule has 0 radical (unpaired) electrons. The molecule has 0 aromatic heterocycles. The van der Waals surface area contributed by atoms with E-state index in [4.69, 9.17) is 18.5 Å². The zero-order valence-electron chi connectivity index (χ0n) is 37.8. The van der Waals surface area contributed by atoms with Gasteiger partial charge < -0.3 is 39.9 Å². The third-order valence-corrected chi connectivity index (χ3v) is 12.7. The highest BCUT2D eigenvalue weighted by Crippen LogP contribution is 2.47. The number of hydrogen-bond acceptors (Lipinski definition) is 12. The van der Waals surface area contributed by atoms with Gasteiger partial charge in [-0.1, -0.05) is 200 Å². The Morgan fingerprint density at radius 1 is 0.450 bits per heavy atom. The summed E-state index contributed by atoms with van der Waals surface area (Å²) in [6.45, 7) is 3.33. The van der Waals surface area contributed by atoms with Crippen LogP contribution in [0.4, 0.5) is 0 Å². The molecular weight excluding hydrogens is 791 g/mol. The zero-order chi connectivity index (χ0) is 44.3. The summed E-state index contributed by atoms with van der Waals surface area (Å²) in [6, 6.07) is 0. The van der Waals surface area contributed by atoms with E-state index in [0.29, 0.717) is 12.8 Å². The van der Waals surface area contributed by atoms with Gasteiger partial charge in [0.2, 0.25) is 0 Å². The minimum Gasteiger partial charge on any atom is -0.462 e. The predicted molar refractivity (Wildman–Crippen MR) is 235 cm³/mol. The fourth-order valence-corrected chi connectivity index (χ4v) is 8.73. The first kappa shape index (κ1) is 56.9. The van der Waals surface area contributed by atoms with Gasteiger partial charge in [0.1, 0.15) is 43.2 Å². The maximum absolute atomic E-state index is 12.8. The maximum atomic E-state index is 12.8. The smallest absolute Gasteiger partial charge is 0.462 e. The van der Waals surface area contributed by atoms with Crippen LogP contribution in [0.3, 0.4) is 0 Å². The Kier molecular flexibility index (Phi) is 35.3. The predicted octanol–water partition coefficient (Wildman–Crippen LogP) is 9.67. The van der Waals surface area contributed by atoms with Crippen molar-refractivity contribution in [3.8, 4) is 0 Å². The van der Waals surface area contributed by atoms with Gasteiger partial charge in [0.05, 0.1) is 6.61 Å². The van der Waals surface area contributed by atoms with Gasteiger partial charge >= 0.3 is 19.8 Å². The molecule has 0 amide bonds. The fraction of sp³-hybridized carbons (Fsp3) is 0.957. The molecule has 1 saturated carbocycles. The first-order valence-electron chi connectivity index (χ1n) is 24.3. The van der Waals surface area contributed by atoms with Crippen LogP contribution in [0.5, 0.6) is 0 Å². The summed E-state index contributed by atoms with van der Waals surface area (Å²) in [5, 5.41) is 50.2. The molecule has 1 rings (SSSR count). The van der Waals surface area contributed by atoms with E-state index in [-0.39, 0.29) is 12.8 Å². The van der Waals surface area contributed by atoms with Gasteiger partial charge in [-0.3, -0.25) is 18.6 Å². The lowest BCUT2D eigenvalue weighted by atomic mass is 9.85. The Morgan fingerprint density at radius 2 is 0.750 bits per heavy atom. The van der Waals surface area contributed by atoms with Gasteiger partial charge in [-0.15, -0.1) is 0 Å². The van der Waals surface area contributed by atoms with Gasteiger partial charge in [0.25, 0.3) is 0 Å². The van der Waals surface area contributed by atoms with Crippen molar-refractivity contribution < 1.29 is 63.1 Å². The van der Waals surface area contributed by atoms with Crippen LogP contribution in [0.25, 0.3) is 0 Å². The van der Waals surface area contributed by atoms with Gasteiger partial charge in [-0.2, -0.15) is 0 Å². The molecule has 0 aliphatic heterocycles. The molecule has 60 heavy (non-hydrogen) atoms. The highest BCUT2D eigenvalue weighted by molar-refractivity contribution is 7.47. The average Bonchev–Trinajstić information content (AvgIpc) is 3.23. The number of hydrogen-bond donors (Lipinski definition) is 6. The van der Waals surface area contributed by atoms with Crippen molar-refractivity contribution in [1.29, 1.82) is 0 Å². The Labute approximate surface area is 363 Å². The summed E-state index contributed by atoms with van der Waals surface area (Å²) in [4.78, 5) is 35.7. The van der Waals surface area contributed by atoms with E-state index in [0.717, 1.165) is 38.5 Å². The lowest BCUT2D eigenvalue weighted by molar-refractivity contribution is -0.220. The lowest BCUT2D eigenvalue weighted by Gasteiger charge is -2.41. The summed E-state index contributed by atoms with van der Waals surface area (Å²) in [6.07, 6.45) is 24.4. The molecule has 0 saturated heterocycles. The zero-order valence-corrected chi connectivity index (χ0v) is 38.7. The first-order chi connectivity index (χ1) is 28.9. The fourth-order valence-electron chi connectivity index (χ4n) is 7.76. The van der Waals surface area contributed by atoms with Crippen LogP contribution in [0.15, 0.2) is 0 Å². The van der Waals surface area contributed by atoms with Crippen LogP contribution >= 0.6 is 7.82 Å². The normalized spacial score (nSPS) is 22.1. The summed E-state index contributed by atoms with van der Waals surface area (Å²) in [7, 11) is -5.11. The second kappa shape index (κ2) is 37.2. The van der Waals surface area contributed by atoms with Gasteiger partial charge in [0, 0.05) is 12.8 Å². The highest BCUT2D eigenvalue weighted by Gasteiger charge is 2.51. The maximum Gasteiger partial charge on any atom is 0.472 e. The molecule has 0 heterocycles. The minimum absolute atomic E-state index is 0.105. The Balaban J connectivity index is 2.41. The second-order valence-electron chi connectivity index (χ2n) is 17.3. The van der Waals surface area contributed by atoms with Gasteiger partial charge in [0.15, 0.2) is 6.10 Å². The molecule has 6 N–H and O–H groups in total. The van der Waals surface area contributed by atoms with E-state index in [1.165, 1.54) is 148 Å². The van der Waals surface area contributed by atoms with Crippen molar-refractivity contribution >= 4 is 19.8 Å². The largest absolute Gasteiger partial charge is 0.472 e. The number of phosphoric acid groups is 1. The topological polar surface area (TPSA) is 210 Å². The van der Waals surface area contributed by atoms with Crippen molar-refractivity contribution in [3.63, 3.8) is 0 Å². The van der Waals surface area contributed by atoms with E-state index in [2.05, 4.69) is 13.8 Å². The molecule has 0 bridgehead atoms. The van der Waals surface area contributed by atoms with Crippen LogP contribution in [-0.2, 0) is 32.7 Å². The molecule has 1 aliphatic rings. The number of phosphoric ester groups is 1. The van der Waals surface area contributed by atoms with Crippen molar-refractivity contribution in [2.24, 2.45) is 0 Å². The first-order valence-corrected chi connectivity index (χ1v) is 25.8. The van der Waals surface area contributed by atoms with Gasteiger partial charge in [-0.05, 0) is 12.8 Å². The monoisotopic (exact) mass is 881 g/mol. The van der Waals surface area contributed by atoms with E-state index < -0.39 is 75.7 Å². The molecule has 1 aliphatic carbocycles. The van der Waals surface area contributed by atoms with E-state index in [9.17, 15) is 44.6 Å². The quantitative estimate of drug-likeness (QED) is 0.0192. The number of aliphatic hydroxyl groups excluding tert-OH is 5. The highest BCUT2D eigenvalue weighted by atomic mass is 31.2. The van der Waals surface area contributed by atoms with Crippen LogP contribution in [-0.4, -0.2) is 98.3 Å². The number of rotatable bonds is 41. The average molecular weight is 881 g/mol. The number of carbonyl (C=O) groups excluding carboxylic acids is 2. The van der Waals surface area contributed by atoms with Crippen molar-refractivity contribution in [2.75, 3.05) is 13.2 Å². The van der Waals surface area contributed by atoms with Crippen LogP contribution < -0.4 is 0 Å². The molecule has 0 spiro atoms. The van der Waals surface area contributed by atoms with Crippen LogP contribution in [0, 0.1) is 0 Å². The molecular formula is C46H89O13P. The van der Waals surface area contributed by atoms with Crippen LogP contribution in [0.1, 0.15) is 226 Å². The van der Waals surface area contributed by atoms with Gasteiger partial charge in [-0.25, -0.2) is 4.57 Å². The Hall–Kier alpha value is -1.15. The third-order valence-electron chi connectivity index (χ3n) is 11.7. The number of ether oxygens (including phenoxy) is 2. The number of aliphatic hydroxyl groups is 5. The molecule has 1 fully saturated rings. The van der Waals surface area contributed by atoms with Crippen molar-refractivity contribution in [2.45, 2.75) is 268 Å². The number of unbranched alkanes of at least 4 members (excludes halogenated alkanes) is 29. The molecule has 13 nitrogen and oxygen atoms in total. The van der Waals surface area contributed by atoms with Crippen molar-refractivity contribution in [3.05, 3.63) is 0 Å². The molecule has 356 valence electrons. The second-order valence-corrected chi connectivity index (χ2v) is 18.7. The minimum atomic E-state index is -5.11. The van der Waals surface area contributed by atoms with Crippen LogP contribution in [0.2, 0.25) is 0 Å². The molecule has 6 unspecified atom stereocenters. The molecule has 14 heteroatoms.